The maximum absolute atomic E-state index is 13.6. The summed E-state index contributed by atoms with van der Waals surface area (Å²) < 4.78 is 4.98. The maximum Gasteiger partial charge on any atom is 0.349 e. The van der Waals surface area contributed by atoms with E-state index >= 15 is 0 Å². The Balaban J connectivity index is 1.93. The molecule has 1 aromatic heterocycles. The second kappa shape index (κ2) is 13.2. The molecule has 3 atom stereocenters. The van der Waals surface area contributed by atoms with E-state index < -0.39 is 36.1 Å². The van der Waals surface area contributed by atoms with E-state index in [1.165, 1.54) is 28.1 Å². The Morgan fingerprint density at radius 3 is 2.49 bits per heavy atom. The Morgan fingerprint density at radius 1 is 1.18 bits per heavy atom. The molecule has 0 aliphatic carbocycles. The van der Waals surface area contributed by atoms with Gasteiger partial charge in [-0.15, -0.1) is 11.3 Å². The molecule has 1 aromatic rings. The van der Waals surface area contributed by atoms with Crippen LogP contribution in [0.15, 0.2) is 12.3 Å². The van der Waals surface area contributed by atoms with Crippen molar-refractivity contribution in [2.75, 3.05) is 19.7 Å². The zero-order valence-corrected chi connectivity index (χ0v) is 23.8. The van der Waals surface area contributed by atoms with Crippen molar-refractivity contribution in [1.29, 1.82) is 0 Å². The first-order chi connectivity index (χ1) is 18.4. The standard InChI is InChI=1S/C26H37N5O7S/c1-6-37-26(36)19-13-28-21(39-19)7-8-23(33)31-22-14-29(10-9-20(27)32)24(34)17(11-15(2)3)30(22)25(35)18(38-31)12-16(4)5/h7-8,13,15-18,22H,6,9-12,14H2,1-5H3,(H2,27,32)/b8-7+/t17-,18+,22-/m0/s1. The number of esters is 1. The SMILES string of the molecule is CCOC(=O)c1cnc(/C=C/C(=O)N2O[C@H](CC(C)C)C(=O)N3[C@@H]2CN(CCC(N)=O)C(=O)[C@@H]3CC(C)C)s1. The predicted octanol–water partition coefficient (Wildman–Crippen LogP) is 1.81. The van der Waals surface area contributed by atoms with Gasteiger partial charge in [-0.05, 0) is 37.7 Å². The van der Waals surface area contributed by atoms with Gasteiger partial charge in [-0.2, -0.15) is 5.06 Å². The summed E-state index contributed by atoms with van der Waals surface area (Å²) in [6.45, 7) is 9.77. The lowest BCUT2D eigenvalue weighted by molar-refractivity contribution is -0.274. The molecular weight excluding hydrogens is 526 g/mol. The maximum atomic E-state index is 13.6. The van der Waals surface area contributed by atoms with Gasteiger partial charge in [-0.3, -0.25) is 24.0 Å². The minimum Gasteiger partial charge on any atom is -0.462 e. The molecule has 214 valence electrons. The van der Waals surface area contributed by atoms with Gasteiger partial charge in [0.2, 0.25) is 11.8 Å². The van der Waals surface area contributed by atoms with Crippen molar-refractivity contribution in [1.82, 2.24) is 19.8 Å². The number of rotatable bonds is 11. The summed E-state index contributed by atoms with van der Waals surface area (Å²) in [5, 5.41) is 1.55. The molecule has 2 aliphatic heterocycles. The molecule has 0 unspecified atom stereocenters. The number of carbonyl (C=O) groups excluding carboxylic acids is 5. The minimum absolute atomic E-state index is 0.0231. The van der Waals surface area contributed by atoms with Crippen LogP contribution < -0.4 is 5.73 Å². The molecule has 39 heavy (non-hydrogen) atoms. The van der Waals surface area contributed by atoms with Gasteiger partial charge in [-0.1, -0.05) is 27.7 Å². The van der Waals surface area contributed by atoms with Gasteiger partial charge >= 0.3 is 5.97 Å². The van der Waals surface area contributed by atoms with Gasteiger partial charge in [0.1, 0.15) is 15.9 Å². The van der Waals surface area contributed by atoms with E-state index in [2.05, 4.69) is 4.98 Å². The number of aromatic nitrogens is 1. The van der Waals surface area contributed by atoms with E-state index in [0.29, 0.717) is 22.7 Å². The molecule has 13 heteroatoms. The highest BCUT2D eigenvalue weighted by atomic mass is 32.1. The number of nitrogens with two attached hydrogens (primary N) is 1. The second-order valence-electron chi connectivity index (χ2n) is 10.4. The number of hydroxylamine groups is 2. The number of ether oxygens (including phenoxy) is 1. The molecule has 2 N–H and O–H groups in total. The van der Waals surface area contributed by atoms with Crippen LogP contribution in [0.3, 0.4) is 0 Å². The highest BCUT2D eigenvalue weighted by molar-refractivity contribution is 7.14. The monoisotopic (exact) mass is 563 g/mol. The van der Waals surface area contributed by atoms with Gasteiger partial charge in [0.25, 0.3) is 11.8 Å². The summed E-state index contributed by atoms with van der Waals surface area (Å²) in [5.41, 5.74) is 5.32. The molecule has 4 amide bonds. The van der Waals surface area contributed by atoms with Crippen LogP contribution in [-0.2, 0) is 28.8 Å². The quantitative estimate of drug-likeness (QED) is 0.316. The zero-order valence-electron chi connectivity index (χ0n) is 23.0. The molecule has 2 aliphatic rings. The molecule has 3 heterocycles. The minimum atomic E-state index is -0.937. The number of nitrogens with zero attached hydrogens (tertiary/aromatic N) is 4. The van der Waals surface area contributed by atoms with Crippen LogP contribution in [0.1, 0.15) is 68.6 Å². The van der Waals surface area contributed by atoms with Gasteiger partial charge in [0.05, 0.1) is 19.3 Å². The average Bonchev–Trinajstić information content (AvgIpc) is 3.33. The van der Waals surface area contributed by atoms with E-state index in [0.717, 1.165) is 16.4 Å². The predicted molar refractivity (Wildman–Crippen MR) is 143 cm³/mol. The third-order valence-electron chi connectivity index (χ3n) is 6.27. The first-order valence-electron chi connectivity index (χ1n) is 13.1. The Kier molecular flexibility index (Phi) is 10.2. The number of hydrogen-bond donors (Lipinski definition) is 1. The molecule has 12 nitrogen and oxygen atoms in total. The van der Waals surface area contributed by atoms with Crippen molar-refractivity contribution >= 4 is 47.0 Å². The van der Waals surface area contributed by atoms with E-state index in [9.17, 15) is 24.0 Å². The molecule has 0 bridgehead atoms. The van der Waals surface area contributed by atoms with Crippen LogP contribution in [-0.4, -0.2) is 87.5 Å². The van der Waals surface area contributed by atoms with E-state index in [-0.39, 0.29) is 49.8 Å². The van der Waals surface area contributed by atoms with Crippen molar-refractivity contribution in [3.05, 3.63) is 22.2 Å². The summed E-state index contributed by atoms with van der Waals surface area (Å²) in [6, 6.07) is -0.812. The number of piperazine rings is 1. The number of thiazole rings is 1. The molecule has 0 saturated carbocycles. The molecule has 0 spiro atoms. The largest absolute Gasteiger partial charge is 0.462 e. The van der Waals surface area contributed by atoms with Crippen LogP contribution in [0.25, 0.3) is 6.08 Å². The number of fused-ring (bicyclic) bond motifs is 1. The van der Waals surface area contributed by atoms with Crippen LogP contribution >= 0.6 is 11.3 Å². The van der Waals surface area contributed by atoms with Crippen molar-refractivity contribution < 1.29 is 33.5 Å². The summed E-state index contributed by atoms with van der Waals surface area (Å²) in [4.78, 5) is 77.4. The lowest BCUT2D eigenvalue weighted by atomic mass is 9.95. The Bertz CT molecular complexity index is 1120. The number of carbonyl (C=O) groups is 5. The number of hydrogen-bond acceptors (Lipinski definition) is 9. The van der Waals surface area contributed by atoms with Crippen LogP contribution in [0.2, 0.25) is 0 Å². The Morgan fingerprint density at radius 2 is 1.87 bits per heavy atom. The molecule has 2 fully saturated rings. The fourth-order valence-corrected chi connectivity index (χ4v) is 5.29. The smallest absolute Gasteiger partial charge is 0.349 e. The topological polar surface area (TPSA) is 152 Å². The first-order valence-corrected chi connectivity index (χ1v) is 13.9. The summed E-state index contributed by atoms with van der Waals surface area (Å²) in [6.07, 6.45) is 2.97. The fourth-order valence-electron chi connectivity index (χ4n) is 4.57. The lowest BCUT2D eigenvalue weighted by Crippen LogP contribution is -2.73. The molecule has 0 aromatic carbocycles. The van der Waals surface area contributed by atoms with Gasteiger partial charge in [0, 0.05) is 19.0 Å². The van der Waals surface area contributed by atoms with E-state index in [1.807, 2.05) is 27.7 Å². The summed E-state index contributed by atoms with van der Waals surface area (Å²) in [5.74, 6) is -2.05. The Hall–Kier alpha value is -3.32. The third-order valence-corrected chi connectivity index (χ3v) is 7.22. The lowest BCUT2D eigenvalue weighted by Gasteiger charge is -2.53. The Labute approximate surface area is 232 Å². The fraction of sp³-hybridized carbons (Fsp3) is 0.615. The van der Waals surface area contributed by atoms with Crippen LogP contribution in [0.4, 0.5) is 0 Å². The first kappa shape index (κ1) is 30.2. The van der Waals surface area contributed by atoms with Crippen LogP contribution in [0, 0.1) is 11.8 Å². The molecule has 3 rings (SSSR count). The molecule has 0 radical (unpaired) electrons. The normalized spacial score (nSPS) is 21.7. The highest BCUT2D eigenvalue weighted by Gasteiger charge is 2.52. The van der Waals surface area contributed by atoms with Crippen LogP contribution in [0.5, 0.6) is 0 Å². The number of primary amides is 1. The van der Waals surface area contributed by atoms with Crippen molar-refractivity contribution in [3.8, 4) is 0 Å². The van der Waals surface area contributed by atoms with Gasteiger partial charge in [0.15, 0.2) is 12.3 Å². The van der Waals surface area contributed by atoms with Crippen molar-refractivity contribution in [2.45, 2.75) is 72.2 Å². The van der Waals surface area contributed by atoms with E-state index in [1.54, 1.807) is 6.92 Å². The number of amides is 4. The third kappa shape index (κ3) is 7.41. The van der Waals surface area contributed by atoms with Crippen molar-refractivity contribution in [2.24, 2.45) is 17.6 Å². The molecule has 2 saturated heterocycles. The highest BCUT2D eigenvalue weighted by Crippen LogP contribution is 2.32. The summed E-state index contributed by atoms with van der Waals surface area (Å²) in [7, 11) is 0. The molecular formula is C26H37N5O7S. The van der Waals surface area contributed by atoms with E-state index in [4.69, 9.17) is 15.3 Å². The zero-order chi connectivity index (χ0) is 28.9. The summed E-state index contributed by atoms with van der Waals surface area (Å²) >= 11 is 1.07. The van der Waals surface area contributed by atoms with Gasteiger partial charge < -0.3 is 20.3 Å². The average molecular weight is 564 g/mol. The van der Waals surface area contributed by atoms with Crippen molar-refractivity contribution in [3.63, 3.8) is 0 Å². The second-order valence-corrected chi connectivity index (χ2v) is 11.4. The van der Waals surface area contributed by atoms with Gasteiger partial charge in [-0.25, -0.2) is 9.78 Å².